The highest BCUT2D eigenvalue weighted by molar-refractivity contribution is 7.88. The minimum absolute atomic E-state index is 0.0454. The zero-order valence-electron chi connectivity index (χ0n) is 16.0. The van der Waals surface area contributed by atoms with Crippen molar-refractivity contribution in [2.45, 2.75) is 37.0 Å². The molecule has 10 heteroatoms. The number of rotatable bonds is 8. The summed E-state index contributed by atoms with van der Waals surface area (Å²) in [5.74, 6) is -1.41. The first-order chi connectivity index (χ1) is 13.7. The standard InChI is InChI=1S/C19H23F2N3O4S/c1-11-7-16(23-29(28)19(5-6-19)9-13(26)10-25)17(24(2)18(11)27)22-15-4-3-12(20)8-14(15)21/h3-4,7-8,13,22-23,25-26H,5-6,9-10H2,1-2H3/t13-,29?/m1/s1. The van der Waals surface area contributed by atoms with E-state index < -0.39 is 40.1 Å². The Morgan fingerprint density at radius 1 is 1.28 bits per heavy atom. The van der Waals surface area contributed by atoms with Crippen molar-refractivity contribution in [2.24, 2.45) is 7.05 Å². The Hall–Kier alpha value is -2.30. The third-order valence-electron chi connectivity index (χ3n) is 5.00. The van der Waals surface area contributed by atoms with Crippen LogP contribution in [0.2, 0.25) is 0 Å². The molecule has 1 aliphatic carbocycles. The topological polar surface area (TPSA) is 104 Å². The highest BCUT2D eigenvalue weighted by Crippen LogP contribution is 2.46. The number of nitrogens with zero attached hydrogens (tertiary/aromatic N) is 1. The fourth-order valence-corrected chi connectivity index (χ4v) is 4.54. The molecule has 1 heterocycles. The first kappa shape index (κ1) is 21.4. The van der Waals surface area contributed by atoms with Gasteiger partial charge in [-0.2, -0.15) is 0 Å². The van der Waals surface area contributed by atoms with E-state index in [9.17, 15) is 22.9 Å². The average molecular weight is 427 g/mol. The molecule has 0 aliphatic heterocycles. The molecule has 4 N–H and O–H groups in total. The van der Waals surface area contributed by atoms with Crippen molar-refractivity contribution in [3.8, 4) is 0 Å². The summed E-state index contributed by atoms with van der Waals surface area (Å²) in [6.45, 7) is 1.18. The molecule has 1 aromatic heterocycles. The molecule has 0 radical (unpaired) electrons. The van der Waals surface area contributed by atoms with Crippen LogP contribution in [0.4, 0.5) is 26.0 Å². The Morgan fingerprint density at radius 3 is 2.55 bits per heavy atom. The van der Waals surface area contributed by atoms with Crippen molar-refractivity contribution in [1.82, 2.24) is 4.57 Å². The minimum Gasteiger partial charge on any atom is -0.394 e. The van der Waals surface area contributed by atoms with Crippen LogP contribution < -0.4 is 15.6 Å². The number of anilines is 3. The molecule has 29 heavy (non-hydrogen) atoms. The van der Waals surface area contributed by atoms with Gasteiger partial charge in [0.2, 0.25) is 0 Å². The van der Waals surface area contributed by atoms with Gasteiger partial charge >= 0.3 is 0 Å². The summed E-state index contributed by atoms with van der Waals surface area (Å²) in [5.41, 5.74) is 0.313. The van der Waals surface area contributed by atoms with Gasteiger partial charge in [0.1, 0.15) is 28.4 Å². The summed E-state index contributed by atoms with van der Waals surface area (Å²) >= 11 is 0. The van der Waals surface area contributed by atoms with E-state index in [2.05, 4.69) is 10.0 Å². The van der Waals surface area contributed by atoms with Crippen LogP contribution in [-0.2, 0) is 18.0 Å². The second-order valence-electron chi connectivity index (χ2n) is 7.30. The molecular weight excluding hydrogens is 404 g/mol. The highest BCUT2D eigenvalue weighted by Gasteiger charge is 2.50. The van der Waals surface area contributed by atoms with Gasteiger partial charge in [-0.05, 0) is 44.4 Å². The lowest BCUT2D eigenvalue weighted by Gasteiger charge is -2.22. The van der Waals surface area contributed by atoms with Gasteiger partial charge in [0.25, 0.3) is 5.56 Å². The first-order valence-electron chi connectivity index (χ1n) is 9.07. The van der Waals surface area contributed by atoms with Gasteiger partial charge in [0, 0.05) is 18.7 Å². The lowest BCUT2D eigenvalue weighted by atomic mass is 10.2. The number of hydrogen-bond donors (Lipinski definition) is 4. The number of benzene rings is 1. The van der Waals surface area contributed by atoms with E-state index in [1.54, 1.807) is 6.92 Å². The average Bonchev–Trinajstić information content (AvgIpc) is 3.45. The van der Waals surface area contributed by atoms with Crippen molar-refractivity contribution < 1.29 is 23.2 Å². The highest BCUT2D eigenvalue weighted by atomic mass is 32.2. The fourth-order valence-electron chi connectivity index (χ4n) is 3.15. The summed E-state index contributed by atoms with van der Waals surface area (Å²) in [6, 6.07) is 4.51. The fraction of sp³-hybridized carbons (Fsp3) is 0.421. The van der Waals surface area contributed by atoms with Crippen molar-refractivity contribution in [1.29, 1.82) is 0 Å². The maximum Gasteiger partial charge on any atom is 0.254 e. The number of aliphatic hydroxyl groups is 2. The van der Waals surface area contributed by atoms with E-state index in [0.717, 1.165) is 12.1 Å². The molecule has 2 atom stereocenters. The van der Waals surface area contributed by atoms with Crippen molar-refractivity contribution in [3.63, 3.8) is 0 Å². The summed E-state index contributed by atoms with van der Waals surface area (Å²) in [6.07, 6.45) is 0.424. The van der Waals surface area contributed by atoms with E-state index in [1.165, 1.54) is 23.7 Å². The van der Waals surface area contributed by atoms with Crippen molar-refractivity contribution >= 4 is 28.2 Å². The molecule has 7 nitrogen and oxygen atoms in total. The second kappa shape index (κ2) is 8.21. The second-order valence-corrected chi connectivity index (χ2v) is 8.90. The SMILES string of the molecule is Cc1cc(NS(=O)C2(C[C@@H](O)CO)CC2)c(Nc2ccc(F)cc2F)n(C)c1=O. The molecule has 1 unspecified atom stereocenters. The van der Waals surface area contributed by atoms with Crippen molar-refractivity contribution in [2.75, 3.05) is 16.6 Å². The molecule has 1 fully saturated rings. The van der Waals surface area contributed by atoms with E-state index in [0.29, 0.717) is 24.1 Å². The molecule has 2 aromatic rings. The Balaban J connectivity index is 1.94. The van der Waals surface area contributed by atoms with Gasteiger partial charge in [-0.25, -0.2) is 13.0 Å². The van der Waals surface area contributed by atoms with Crippen LogP contribution in [-0.4, -0.2) is 36.4 Å². The van der Waals surface area contributed by atoms with Crippen LogP contribution in [0.25, 0.3) is 0 Å². The number of nitrogens with one attached hydrogen (secondary N) is 2. The number of aryl methyl sites for hydroxylation is 1. The molecule has 1 aliphatic rings. The summed E-state index contributed by atoms with van der Waals surface area (Å²) in [7, 11) is -0.141. The van der Waals surface area contributed by atoms with Crippen molar-refractivity contribution in [3.05, 3.63) is 51.8 Å². The van der Waals surface area contributed by atoms with Gasteiger partial charge in [-0.15, -0.1) is 0 Å². The summed E-state index contributed by atoms with van der Waals surface area (Å²) < 4.78 is 43.7. The van der Waals surface area contributed by atoms with Crippen LogP contribution in [0.15, 0.2) is 29.1 Å². The molecular formula is C19H23F2N3O4S. The number of halogens is 2. The van der Waals surface area contributed by atoms with E-state index >= 15 is 0 Å². The van der Waals surface area contributed by atoms with Gasteiger partial charge in [0.05, 0.1) is 28.8 Å². The van der Waals surface area contributed by atoms with Gasteiger partial charge in [-0.3, -0.25) is 9.36 Å². The Kier molecular flexibility index (Phi) is 6.06. The molecule has 1 aromatic carbocycles. The lowest BCUT2D eigenvalue weighted by molar-refractivity contribution is 0.0862. The molecule has 0 spiro atoms. The maximum atomic E-state index is 14.1. The van der Waals surface area contributed by atoms with Gasteiger partial charge in [0.15, 0.2) is 0 Å². The number of hydrogen-bond acceptors (Lipinski definition) is 5. The Morgan fingerprint density at radius 2 is 1.97 bits per heavy atom. The summed E-state index contributed by atoms with van der Waals surface area (Å²) in [4.78, 5) is 12.4. The first-order valence-corrected chi connectivity index (χ1v) is 10.2. The number of pyridine rings is 1. The molecule has 158 valence electrons. The van der Waals surface area contributed by atoms with Crippen LogP contribution in [0.5, 0.6) is 0 Å². The number of aliphatic hydroxyl groups excluding tert-OH is 2. The molecule has 0 amide bonds. The molecule has 0 saturated heterocycles. The Labute approximate surface area is 169 Å². The monoisotopic (exact) mass is 427 g/mol. The lowest BCUT2D eigenvalue weighted by Crippen LogP contribution is -2.31. The zero-order valence-corrected chi connectivity index (χ0v) is 16.9. The molecule has 0 bridgehead atoms. The van der Waals surface area contributed by atoms with E-state index in [-0.39, 0.29) is 23.5 Å². The largest absolute Gasteiger partial charge is 0.394 e. The van der Waals surface area contributed by atoms with Crippen LogP contribution >= 0.6 is 0 Å². The maximum absolute atomic E-state index is 14.1. The molecule has 1 saturated carbocycles. The predicted molar refractivity (Wildman–Crippen MR) is 108 cm³/mol. The third-order valence-corrected chi connectivity index (χ3v) is 6.77. The summed E-state index contributed by atoms with van der Waals surface area (Å²) in [5, 5.41) is 21.6. The third kappa shape index (κ3) is 4.49. The van der Waals surface area contributed by atoms with Gasteiger partial charge < -0.3 is 20.3 Å². The predicted octanol–water partition coefficient (Wildman–Crippen LogP) is 2.07. The quantitative estimate of drug-likeness (QED) is 0.516. The minimum atomic E-state index is -1.62. The normalized spacial score (nSPS) is 16.9. The van der Waals surface area contributed by atoms with E-state index in [4.69, 9.17) is 5.11 Å². The number of aromatic nitrogens is 1. The van der Waals surface area contributed by atoms with E-state index in [1.807, 2.05) is 0 Å². The molecule has 3 rings (SSSR count). The van der Waals surface area contributed by atoms with Crippen LogP contribution in [0.1, 0.15) is 24.8 Å². The van der Waals surface area contributed by atoms with Crippen LogP contribution in [0, 0.1) is 18.6 Å². The zero-order chi connectivity index (χ0) is 21.3. The van der Waals surface area contributed by atoms with Gasteiger partial charge in [-0.1, -0.05) is 0 Å². The Bertz CT molecular complexity index is 1010. The van der Waals surface area contributed by atoms with Crippen LogP contribution in [0.3, 0.4) is 0 Å². The smallest absolute Gasteiger partial charge is 0.254 e.